The van der Waals surface area contributed by atoms with Gasteiger partial charge in [0, 0.05) is 29.7 Å². The van der Waals surface area contributed by atoms with Gasteiger partial charge in [-0.15, -0.1) is 0 Å². The molecule has 2 rings (SSSR count). The summed E-state index contributed by atoms with van der Waals surface area (Å²) >= 11 is 0. The average molecular weight is 232 g/mol. The minimum absolute atomic E-state index is 0.664. The molecule has 0 amide bonds. The molecule has 0 saturated heterocycles. The van der Waals surface area contributed by atoms with Gasteiger partial charge in [0.05, 0.1) is 6.61 Å². The molecular formula is C14H20N2O. The van der Waals surface area contributed by atoms with E-state index in [9.17, 15) is 0 Å². The maximum absolute atomic E-state index is 5.66. The molecule has 0 radical (unpaired) electrons. The number of hydrogen-bond donors (Lipinski definition) is 1. The normalized spacial score (nSPS) is 11.1. The fraction of sp³-hybridized carbons (Fsp3) is 0.429. The highest BCUT2D eigenvalue weighted by Gasteiger charge is 2.10. The van der Waals surface area contributed by atoms with Gasteiger partial charge in [-0.05, 0) is 44.5 Å². The summed E-state index contributed by atoms with van der Waals surface area (Å²) in [6.45, 7) is 8.53. The second-order valence-corrected chi connectivity index (χ2v) is 4.26. The Morgan fingerprint density at radius 1 is 1.29 bits per heavy atom. The van der Waals surface area contributed by atoms with Crippen LogP contribution in [0.25, 0.3) is 10.9 Å². The van der Waals surface area contributed by atoms with E-state index in [0.29, 0.717) is 13.2 Å². The molecule has 0 aliphatic heterocycles. The number of aryl methyl sites for hydroxylation is 1. The zero-order valence-corrected chi connectivity index (χ0v) is 10.8. The number of ether oxygens (including phenoxy) is 1. The van der Waals surface area contributed by atoms with Crippen molar-refractivity contribution in [3.05, 3.63) is 29.5 Å². The molecule has 3 nitrogen and oxygen atoms in total. The van der Waals surface area contributed by atoms with Gasteiger partial charge in [0.1, 0.15) is 5.75 Å². The first-order valence-corrected chi connectivity index (χ1v) is 6.11. The van der Waals surface area contributed by atoms with E-state index in [1.807, 2.05) is 13.0 Å². The smallest absolute Gasteiger partial charge is 0.120 e. The van der Waals surface area contributed by atoms with Crippen LogP contribution in [0.2, 0.25) is 0 Å². The quantitative estimate of drug-likeness (QED) is 0.880. The molecule has 0 aliphatic rings. The summed E-state index contributed by atoms with van der Waals surface area (Å²) in [5, 5.41) is 1.27. The fourth-order valence-electron chi connectivity index (χ4n) is 2.30. The molecule has 92 valence electrons. The Labute approximate surface area is 102 Å². The van der Waals surface area contributed by atoms with Crippen molar-refractivity contribution in [2.24, 2.45) is 5.73 Å². The average Bonchev–Trinajstić information content (AvgIpc) is 2.56. The molecule has 0 unspecified atom stereocenters. The molecule has 0 atom stereocenters. The van der Waals surface area contributed by atoms with Crippen LogP contribution in [0.15, 0.2) is 18.2 Å². The monoisotopic (exact) mass is 232 g/mol. The third-order valence-corrected chi connectivity index (χ3v) is 3.27. The van der Waals surface area contributed by atoms with E-state index in [0.717, 1.165) is 12.3 Å². The van der Waals surface area contributed by atoms with Gasteiger partial charge in [-0.25, -0.2) is 0 Å². The second kappa shape index (κ2) is 4.80. The van der Waals surface area contributed by atoms with E-state index in [1.165, 1.54) is 22.2 Å². The zero-order valence-electron chi connectivity index (χ0n) is 10.8. The molecule has 2 aromatic rings. The Morgan fingerprint density at radius 2 is 2.06 bits per heavy atom. The van der Waals surface area contributed by atoms with Crippen LogP contribution < -0.4 is 10.5 Å². The molecular weight excluding hydrogens is 212 g/mol. The highest BCUT2D eigenvalue weighted by molar-refractivity contribution is 5.86. The SMILES string of the molecule is CCOc1ccc2c(c1)c(C)c(C)n2CCN. The summed E-state index contributed by atoms with van der Waals surface area (Å²) in [5.41, 5.74) is 9.51. The summed E-state index contributed by atoms with van der Waals surface area (Å²) in [6.07, 6.45) is 0. The van der Waals surface area contributed by atoms with E-state index in [2.05, 4.69) is 30.5 Å². The van der Waals surface area contributed by atoms with Crippen molar-refractivity contribution in [3.8, 4) is 5.75 Å². The van der Waals surface area contributed by atoms with Crippen LogP contribution in [0.4, 0.5) is 0 Å². The van der Waals surface area contributed by atoms with Gasteiger partial charge >= 0.3 is 0 Å². The number of nitrogens with zero attached hydrogens (tertiary/aromatic N) is 1. The van der Waals surface area contributed by atoms with E-state index in [-0.39, 0.29) is 0 Å². The largest absolute Gasteiger partial charge is 0.494 e. The third-order valence-electron chi connectivity index (χ3n) is 3.27. The maximum Gasteiger partial charge on any atom is 0.120 e. The molecule has 0 bridgehead atoms. The molecule has 3 heteroatoms. The number of fused-ring (bicyclic) bond motifs is 1. The number of rotatable bonds is 4. The minimum Gasteiger partial charge on any atom is -0.494 e. The standard InChI is InChI=1S/C14H20N2O/c1-4-17-12-5-6-14-13(9-12)10(2)11(3)16(14)8-7-15/h5-6,9H,4,7-8,15H2,1-3H3. The van der Waals surface area contributed by atoms with Crippen molar-refractivity contribution in [3.63, 3.8) is 0 Å². The van der Waals surface area contributed by atoms with Gasteiger partial charge in [-0.2, -0.15) is 0 Å². The Kier molecular flexibility index (Phi) is 3.38. The van der Waals surface area contributed by atoms with E-state index < -0.39 is 0 Å². The predicted octanol–water partition coefficient (Wildman–Crippen LogP) is 2.62. The second-order valence-electron chi connectivity index (χ2n) is 4.26. The van der Waals surface area contributed by atoms with Crippen molar-refractivity contribution >= 4 is 10.9 Å². The summed E-state index contributed by atoms with van der Waals surface area (Å²) in [5.74, 6) is 0.938. The van der Waals surface area contributed by atoms with Gasteiger partial charge in [-0.1, -0.05) is 0 Å². The third kappa shape index (κ3) is 2.03. The summed E-state index contributed by atoms with van der Waals surface area (Å²) in [6, 6.07) is 6.27. The van der Waals surface area contributed by atoms with E-state index >= 15 is 0 Å². The van der Waals surface area contributed by atoms with Gasteiger partial charge in [-0.3, -0.25) is 0 Å². The fourth-order valence-corrected chi connectivity index (χ4v) is 2.30. The van der Waals surface area contributed by atoms with Crippen LogP contribution in [-0.4, -0.2) is 17.7 Å². The van der Waals surface area contributed by atoms with Crippen LogP contribution in [0, 0.1) is 13.8 Å². The number of aromatic nitrogens is 1. The van der Waals surface area contributed by atoms with Crippen molar-refractivity contribution in [2.45, 2.75) is 27.3 Å². The van der Waals surface area contributed by atoms with Crippen LogP contribution >= 0.6 is 0 Å². The van der Waals surface area contributed by atoms with Crippen molar-refractivity contribution in [1.29, 1.82) is 0 Å². The molecule has 0 fully saturated rings. The lowest BCUT2D eigenvalue weighted by atomic mass is 10.1. The molecule has 2 N–H and O–H groups in total. The van der Waals surface area contributed by atoms with Crippen LogP contribution in [0.3, 0.4) is 0 Å². The molecule has 17 heavy (non-hydrogen) atoms. The first-order valence-electron chi connectivity index (χ1n) is 6.11. The maximum atomic E-state index is 5.66. The summed E-state index contributed by atoms with van der Waals surface area (Å²) in [7, 11) is 0. The van der Waals surface area contributed by atoms with Gasteiger partial charge in [0.2, 0.25) is 0 Å². The lowest BCUT2D eigenvalue weighted by Gasteiger charge is -2.07. The molecule has 0 spiro atoms. The molecule has 0 aliphatic carbocycles. The Hall–Kier alpha value is -1.48. The van der Waals surface area contributed by atoms with E-state index in [4.69, 9.17) is 10.5 Å². The minimum atomic E-state index is 0.664. The lowest BCUT2D eigenvalue weighted by Crippen LogP contribution is -2.10. The number of hydrogen-bond acceptors (Lipinski definition) is 2. The zero-order chi connectivity index (χ0) is 12.4. The first-order chi connectivity index (χ1) is 8.19. The van der Waals surface area contributed by atoms with Crippen LogP contribution in [0.1, 0.15) is 18.2 Å². The molecule has 1 aromatic carbocycles. The Morgan fingerprint density at radius 3 is 2.71 bits per heavy atom. The highest BCUT2D eigenvalue weighted by Crippen LogP contribution is 2.28. The van der Waals surface area contributed by atoms with Crippen molar-refractivity contribution in [2.75, 3.05) is 13.2 Å². The predicted molar refractivity (Wildman–Crippen MR) is 71.6 cm³/mol. The van der Waals surface area contributed by atoms with Crippen molar-refractivity contribution < 1.29 is 4.74 Å². The Balaban J connectivity index is 2.59. The first kappa shape index (κ1) is 12.0. The van der Waals surface area contributed by atoms with Crippen molar-refractivity contribution in [1.82, 2.24) is 4.57 Å². The summed E-state index contributed by atoms with van der Waals surface area (Å²) in [4.78, 5) is 0. The van der Waals surface area contributed by atoms with E-state index in [1.54, 1.807) is 0 Å². The highest BCUT2D eigenvalue weighted by atomic mass is 16.5. The number of nitrogens with two attached hydrogens (primary N) is 1. The molecule has 1 aromatic heterocycles. The summed E-state index contributed by atoms with van der Waals surface area (Å²) < 4.78 is 7.82. The lowest BCUT2D eigenvalue weighted by molar-refractivity contribution is 0.340. The van der Waals surface area contributed by atoms with Crippen LogP contribution in [-0.2, 0) is 6.54 Å². The topological polar surface area (TPSA) is 40.2 Å². The van der Waals surface area contributed by atoms with Gasteiger partial charge in [0.15, 0.2) is 0 Å². The Bertz CT molecular complexity index is 528. The van der Waals surface area contributed by atoms with Gasteiger partial charge in [0.25, 0.3) is 0 Å². The van der Waals surface area contributed by atoms with Crippen LogP contribution in [0.5, 0.6) is 5.75 Å². The number of benzene rings is 1. The molecule has 1 heterocycles. The van der Waals surface area contributed by atoms with Gasteiger partial charge < -0.3 is 15.0 Å². The molecule has 0 saturated carbocycles.